The van der Waals surface area contributed by atoms with Crippen molar-refractivity contribution in [2.45, 2.75) is 24.5 Å². The van der Waals surface area contributed by atoms with Crippen molar-refractivity contribution >= 4 is 17.0 Å². The van der Waals surface area contributed by atoms with Crippen molar-refractivity contribution in [3.8, 4) is 0 Å². The summed E-state index contributed by atoms with van der Waals surface area (Å²) in [6, 6.07) is 0. The molecule has 0 spiro atoms. The fourth-order valence-corrected chi connectivity index (χ4v) is 2.17. The Morgan fingerprint density at radius 1 is 1.18 bits per heavy atom. The Kier molecular flexibility index (Phi) is 5.18. The molecule has 0 radical (unpaired) electrons. The van der Waals surface area contributed by atoms with Crippen molar-refractivity contribution in [2.75, 3.05) is 19.1 Å². The molecular weight excluding hydrogens is 296 g/mol. The molecule has 1 aliphatic heterocycles. The third-order valence-corrected chi connectivity index (χ3v) is 3.18. The smallest absolute Gasteiger partial charge is 0.167 e. The van der Waals surface area contributed by atoms with E-state index in [0.717, 1.165) is 0 Å². The SMILES string of the molecule is NCO.Nc1ncnc2c1ncn2[C@@H]1O[C@H](CO)[C@@H](O)[C@H]1O. The van der Waals surface area contributed by atoms with E-state index in [1.807, 2.05) is 0 Å². The fourth-order valence-electron chi connectivity index (χ4n) is 2.17. The first-order valence-corrected chi connectivity index (χ1v) is 6.41. The second kappa shape index (κ2) is 6.91. The minimum Gasteiger partial charge on any atom is -0.394 e. The van der Waals surface area contributed by atoms with Crippen LogP contribution in [-0.2, 0) is 4.74 Å². The van der Waals surface area contributed by atoms with E-state index in [1.165, 1.54) is 17.2 Å². The van der Waals surface area contributed by atoms with Crippen LogP contribution in [0.5, 0.6) is 0 Å². The highest BCUT2D eigenvalue weighted by molar-refractivity contribution is 5.81. The van der Waals surface area contributed by atoms with Crippen LogP contribution in [0.3, 0.4) is 0 Å². The molecule has 3 rings (SSSR count). The summed E-state index contributed by atoms with van der Waals surface area (Å²) < 4.78 is 6.85. The van der Waals surface area contributed by atoms with Crippen LogP contribution >= 0.6 is 0 Å². The predicted octanol–water partition coefficient (Wildman–Crippen LogP) is -3.09. The molecule has 1 fully saturated rings. The molecule has 0 aromatic carbocycles. The number of rotatable bonds is 2. The Labute approximate surface area is 124 Å². The average Bonchev–Trinajstić information content (AvgIpc) is 3.04. The number of aliphatic hydroxyl groups excluding tert-OH is 4. The summed E-state index contributed by atoms with van der Waals surface area (Å²) in [5, 5.41) is 36.1. The number of ether oxygens (including phenoxy) is 1. The van der Waals surface area contributed by atoms with Gasteiger partial charge in [-0.05, 0) is 0 Å². The minimum absolute atomic E-state index is 0.218. The topological polar surface area (TPSA) is 186 Å². The van der Waals surface area contributed by atoms with Gasteiger partial charge in [-0.3, -0.25) is 4.57 Å². The largest absolute Gasteiger partial charge is 0.394 e. The molecule has 11 heteroatoms. The molecule has 1 aliphatic rings. The summed E-state index contributed by atoms with van der Waals surface area (Å²) >= 11 is 0. The summed E-state index contributed by atoms with van der Waals surface area (Å²) in [5.74, 6) is 0.218. The number of nitrogens with two attached hydrogens (primary N) is 2. The van der Waals surface area contributed by atoms with Gasteiger partial charge in [0.2, 0.25) is 0 Å². The van der Waals surface area contributed by atoms with Crippen molar-refractivity contribution < 1.29 is 25.2 Å². The lowest BCUT2D eigenvalue weighted by molar-refractivity contribution is -0.0511. The maximum atomic E-state index is 9.95. The molecule has 2 aromatic heterocycles. The summed E-state index contributed by atoms with van der Waals surface area (Å²) in [4.78, 5) is 11.9. The van der Waals surface area contributed by atoms with E-state index < -0.39 is 31.1 Å². The summed E-state index contributed by atoms with van der Waals surface area (Å²) in [6.07, 6.45) is -1.42. The lowest BCUT2D eigenvalue weighted by Crippen LogP contribution is -2.33. The number of hydrogen-bond acceptors (Lipinski definition) is 10. The van der Waals surface area contributed by atoms with Crippen LogP contribution in [0, 0.1) is 0 Å². The number of aromatic nitrogens is 4. The Bertz CT molecular complexity index is 622. The zero-order chi connectivity index (χ0) is 16.3. The van der Waals surface area contributed by atoms with Crippen LogP contribution < -0.4 is 11.5 Å². The van der Waals surface area contributed by atoms with Crippen molar-refractivity contribution in [3.05, 3.63) is 12.7 Å². The van der Waals surface area contributed by atoms with Gasteiger partial charge in [-0.2, -0.15) is 0 Å². The zero-order valence-corrected chi connectivity index (χ0v) is 11.5. The van der Waals surface area contributed by atoms with Crippen LogP contribution in [0.25, 0.3) is 11.2 Å². The second-order valence-corrected chi connectivity index (χ2v) is 4.49. The number of anilines is 1. The zero-order valence-electron chi connectivity index (χ0n) is 11.5. The number of imidazole rings is 1. The van der Waals surface area contributed by atoms with Crippen LogP contribution in [0.1, 0.15) is 6.23 Å². The normalized spacial score (nSPS) is 27.7. The van der Waals surface area contributed by atoms with E-state index in [1.54, 1.807) is 0 Å². The molecule has 11 nitrogen and oxygen atoms in total. The first-order valence-electron chi connectivity index (χ1n) is 6.41. The monoisotopic (exact) mass is 314 g/mol. The molecule has 0 aliphatic carbocycles. The van der Waals surface area contributed by atoms with Gasteiger partial charge in [0.1, 0.15) is 30.2 Å². The first-order chi connectivity index (χ1) is 10.5. The Morgan fingerprint density at radius 2 is 1.86 bits per heavy atom. The molecule has 122 valence electrons. The number of nitrogens with zero attached hydrogens (tertiary/aromatic N) is 4. The van der Waals surface area contributed by atoms with E-state index >= 15 is 0 Å². The highest BCUT2D eigenvalue weighted by atomic mass is 16.6. The van der Waals surface area contributed by atoms with Gasteiger partial charge in [-0.1, -0.05) is 0 Å². The van der Waals surface area contributed by atoms with E-state index in [9.17, 15) is 10.2 Å². The van der Waals surface area contributed by atoms with Gasteiger partial charge < -0.3 is 36.6 Å². The summed E-state index contributed by atoms with van der Waals surface area (Å²) in [5.41, 5.74) is 10.8. The molecule has 8 N–H and O–H groups in total. The van der Waals surface area contributed by atoms with Gasteiger partial charge in [0.15, 0.2) is 17.7 Å². The maximum absolute atomic E-state index is 9.95. The molecule has 3 heterocycles. The number of nitrogen functional groups attached to an aromatic ring is 1. The van der Waals surface area contributed by atoms with Gasteiger partial charge in [-0.15, -0.1) is 0 Å². The standard InChI is InChI=1S/C10H13N5O4.CH5NO/c11-8-5-9(13-2-12-8)15(3-14-5)10-7(18)6(17)4(1-16)19-10;2-1-3/h2-4,6-7,10,16-18H,1H2,(H2,11,12,13);3H,1-2H2/t4-,6-,7-,10-;/m1./s1. The summed E-state index contributed by atoms with van der Waals surface area (Å²) in [7, 11) is 0. The Hall–Kier alpha value is -1.89. The second-order valence-electron chi connectivity index (χ2n) is 4.49. The molecule has 22 heavy (non-hydrogen) atoms. The molecule has 4 atom stereocenters. The van der Waals surface area contributed by atoms with Crippen molar-refractivity contribution in [1.82, 2.24) is 19.5 Å². The predicted molar refractivity (Wildman–Crippen MR) is 74.0 cm³/mol. The Morgan fingerprint density at radius 3 is 2.45 bits per heavy atom. The Balaban J connectivity index is 0.000000545. The maximum Gasteiger partial charge on any atom is 0.167 e. The number of hydrogen-bond donors (Lipinski definition) is 6. The highest BCUT2D eigenvalue weighted by Gasteiger charge is 2.43. The molecule has 0 bridgehead atoms. The van der Waals surface area contributed by atoms with Gasteiger partial charge in [0, 0.05) is 0 Å². The average molecular weight is 314 g/mol. The lowest BCUT2D eigenvalue weighted by Gasteiger charge is -2.16. The van der Waals surface area contributed by atoms with Crippen molar-refractivity contribution in [2.24, 2.45) is 5.73 Å². The third-order valence-electron chi connectivity index (χ3n) is 3.18. The minimum atomic E-state index is -1.19. The highest BCUT2D eigenvalue weighted by Crippen LogP contribution is 2.31. The lowest BCUT2D eigenvalue weighted by atomic mass is 10.1. The van der Waals surface area contributed by atoms with Gasteiger partial charge in [0.25, 0.3) is 0 Å². The first kappa shape index (κ1) is 16.5. The molecule has 2 aromatic rings. The molecule has 0 saturated carbocycles. The van der Waals surface area contributed by atoms with Crippen LogP contribution in [0.2, 0.25) is 0 Å². The van der Waals surface area contributed by atoms with Crippen LogP contribution in [0.15, 0.2) is 12.7 Å². The number of fused-ring (bicyclic) bond motifs is 1. The fraction of sp³-hybridized carbons (Fsp3) is 0.545. The third kappa shape index (κ3) is 2.85. The molecular formula is C11H18N6O5. The molecule has 0 unspecified atom stereocenters. The quantitative estimate of drug-likeness (QED) is 0.310. The van der Waals surface area contributed by atoms with Crippen LogP contribution in [0.4, 0.5) is 5.82 Å². The molecule has 0 amide bonds. The van der Waals surface area contributed by atoms with E-state index in [2.05, 4.69) is 20.7 Å². The van der Waals surface area contributed by atoms with Crippen LogP contribution in [-0.4, -0.2) is 71.6 Å². The van der Waals surface area contributed by atoms with Gasteiger partial charge >= 0.3 is 0 Å². The van der Waals surface area contributed by atoms with Gasteiger partial charge in [-0.25, -0.2) is 15.0 Å². The number of aliphatic hydroxyl groups is 4. The van der Waals surface area contributed by atoms with Crippen molar-refractivity contribution in [1.29, 1.82) is 0 Å². The summed E-state index contributed by atoms with van der Waals surface area (Å²) in [6.45, 7) is -0.640. The van der Waals surface area contributed by atoms with E-state index in [0.29, 0.717) is 11.2 Å². The van der Waals surface area contributed by atoms with Gasteiger partial charge in [0.05, 0.1) is 19.7 Å². The van der Waals surface area contributed by atoms with E-state index in [-0.39, 0.29) is 12.5 Å². The van der Waals surface area contributed by atoms with Crippen molar-refractivity contribution in [3.63, 3.8) is 0 Å². The molecule has 1 saturated heterocycles. The van der Waals surface area contributed by atoms with E-state index in [4.69, 9.17) is 20.7 Å².